The lowest BCUT2D eigenvalue weighted by molar-refractivity contribution is -0.121. The minimum absolute atomic E-state index is 0.294. The standard InChI is InChI=1S/C17H26NO/c1-14(2)18(13-19,16-9-5-4-6-10-16)17-11-7-8-15(3)12-17/h7-8,11-14,16H,4-6,9-10H2,1-3H3/q+1. The molecule has 1 fully saturated rings. The Hall–Kier alpha value is -1.15. The molecule has 1 unspecified atom stereocenters. The van der Waals surface area contributed by atoms with Crippen molar-refractivity contribution in [3.8, 4) is 0 Å². The Balaban J connectivity index is 2.46. The summed E-state index contributed by atoms with van der Waals surface area (Å²) in [6, 6.07) is 9.23. The van der Waals surface area contributed by atoms with Gasteiger partial charge in [-0.2, -0.15) is 0 Å². The van der Waals surface area contributed by atoms with Crippen LogP contribution >= 0.6 is 0 Å². The van der Waals surface area contributed by atoms with E-state index < -0.39 is 0 Å². The summed E-state index contributed by atoms with van der Waals surface area (Å²) in [5, 5.41) is 0. The Kier molecular flexibility index (Phi) is 4.41. The van der Waals surface area contributed by atoms with Gasteiger partial charge in [-0.3, -0.25) is 0 Å². The maximum atomic E-state index is 12.1. The van der Waals surface area contributed by atoms with Crippen molar-refractivity contribution in [3.63, 3.8) is 0 Å². The smallest absolute Gasteiger partial charge is 0.233 e. The molecule has 19 heavy (non-hydrogen) atoms. The second kappa shape index (κ2) is 5.87. The molecule has 1 saturated carbocycles. The van der Waals surface area contributed by atoms with Gasteiger partial charge in [-0.1, -0.05) is 18.6 Å². The van der Waals surface area contributed by atoms with Gasteiger partial charge in [0.2, 0.25) is 0 Å². The highest BCUT2D eigenvalue weighted by Gasteiger charge is 2.42. The number of quaternary nitrogens is 1. The van der Waals surface area contributed by atoms with E-state index in [2.05, 4.69) is 45.0 Å². The van der Waals surface area contributed by atoms with Crippen LogP contribution in [0.2, 0.25) is 0 Å². The summed E-state index contributed by atoms with van der Waals surface area (Å²) < 4.78 is 0.502. The van der Waals surface area contributed by atoms with E-state index in [0.29, 0.717) is 16.6 Å². The fraction of sp³-hybridized carbons (Fsp3) is 0.588. The number of hydrogen-bond donors (Lipinski definition) is 0. The van der Waals surface area contributed by atoms with Crippen molar-refractivity contribution in [2.75, 3.05) is 0 Å². The number of benzene rings is 1. The van der Waals surface area contributed by atoms with Crippen LogP contribution in [-0.4, -0.2) is 18.5 Å². The zero-order valence-electron chi connectivity index (χ0n) is 12.4. The molecular weight excluding hydrogens is 234 g/mol. The van der Waals surface area contributed by atoms with Crippen molar-refractivity contribution in [3.05, 3.63) is 29.8 Å². The summed E-state index contributed by atoms with van der Waals surface area (Å²) in [5.41, 5.74) is 2.40. The predicted octanol–water partition coefficient (Wildman–Crippen LogP) is 4.20. The molecule has 1 atom stereocenters. The van der Waals surface area contributed by atoms with Crippen molar-refractivity contribution < 1.29 is 4.79 Å². The highest BCUT2D eigenvalue weighted by molar-refractivity contribution is 5.71. The Morgan fingerprint density at radius 2 is 1.89 bits per heavy atom. The van der Waals surface area contributed by atoms with Gasteiger partial charge in [-0.15, -0.1) is 0 Å². The van der Waals surface area contributed by atoms with Crippen molar-refractivity contribution >= 4 is 12.1 Å². The van der Waals surface area contributed by atoms with Crippen LogP contribution in [0.1, 0.15) is 51.5 Å². The fourth-order valence-electron chi connectivity index (χ4n) is 3.58. The van der Waals surface area contributed by atoms with E-state index in [-0.39, 0.29) is 0 Å². The molecule has 1 aliphatic carbocycles. The largest absolute Gasteiger partial charge is 0.306 e. The molecule has 0 N–H and O–H groups in total. The van der Waals surface area contributed by atoms with Gasteiger partial charge >= 0.3 is 6.41 Å². The fourth-order valence-corrected chi connectivity index (χ4v) is 3.58. The summed E-state index contributed by atoms with van der Waals surface area (Å²) >= 11 is 0. The first-order valence-electron chi connectivity index (χ1n) is 7.53. The number of hydrogen-bond acceptors (Lipinski definition) is 1. The molecule has 0 aromatic heterocycles. The first-order valence-corrected chi connectivity index (χ1v) is 7.53. The van der Waals surface area contributed by atoms with E-state index in [1.165, 1.54) is 44.1 Å². The Labute approximate surface area is 117 Å². The summed E-state index contributed by atoms with van der Waals surface area (Å²) in [4.78, 5) is 12.1. The van der Waals surface area contributed by atoms with Crippen LogP contribution in [0.5, 0.6) is 0 Å². The van der Waals surface area contributed by atoms with Gasteiger partial charge in [0.15, 0.2) is 0 Å². The highest BCUT2D eigenvalue weighted by atomic mass is 16.1. The summed E-state index contributed by atoms with van der Waals surface area (Å²) in [6.45, 7) is 6.45. The molecule has 2 nitrogen and oxygen atoms in total. The summed E-state index contributed by atoms with van der Waals surface area (Å²) in [5.74, 6) is 0. The average molecular weight is 260 g/mol. The van der Waals surface area contributed by atoms with E-state index in [1.807, 2.05) is 0 Å². The molecule has 1 aromatic rings. The molecule has 2 rings (SSSR count). The summed E-state index contributed by atoms with van der Waals surface area (Å²) in [7, 11) is 0. The van der Waals surface area contributed by atoms with E-state index in [0.717, 1.165) is 5.69 Å². The maximum Gasteiger partial charge on any atom is 0.306 e. The minimum Gasteiger partial charge on any atom is -0.233 e. The molecule has 0 spiro atoms. The third-order valence-corrected chi connectivity index (χ3v) is 4.66. The van der Waals surface area contributed by atoms with Crippen molar-refractivity contribution in [1.82, 2.24) is 4.48 Å². The number of carbonyl (C=O) groups is 1. The SMILES string of the molecule is Cc1cccc([N+](C=O)(C(C)C)C2CCCCC2)c1. The summed E-state index contributed by atoms with van der Waals surface area (Å²) in [6.07, 6.45) is 7.38. The van der Waals surface area contributed by atoms with Gasteiger partial charge in [0.1, 0.15) is 11.7 Å². The minimum atomic E-state index is 0.294. The Morgan fingerprint density at radius 3 is 2.42 bits per heavy atom. The zero-order valence-corrected chi connectivity index (χ0v) is 12.4. The molecule has 0 heterocycles. The quantitative estimate of drug-likeness (QED) is 0.586. The van der Waals surface area contributed by atoms with Crippen molar-refractivity contribution in [2.45, 2.75) is 65.0 Å². The number of rotatable bonds is 4. The number of amides is 1. The van der Waals surface area contributed by atoms with E-state index in [4.69, 9.17) is 0 Å². The Bertz CT molecular complexity index is 435. The molecule has 0 radical (unpaired) electrons. The topological polar surface area (TPSA) is 17.1 Å². The van der Waals surface area contributed by atoms with Gasteiger partial charge in [0.05, 0.1) is 6.04 Å². The van der Waals surface area contributed by atoms with Crippen LogP contribution in [0.3, 0.4) is 0 Å². The van der Waals surface area contributed by atoms with Gasteiger partial charge < -0.3 is 0 Å². The normalized spacial score (nSPS) is 20.2. The number of aryl methyl sites for hydroxylation is 1. The molecule has 1 amide bonds. The highest BCUT2D eigenvalue weighted by Crippen LogP contribution is 2.35. The lowest BCUT2D eigenvalue weighted by atomic mass is 9.90. The van der Waals surface area contributed by atoms with Crippen LogP contribution in [0.15, 0.2) is 24.3 Å². The van der Waals surface area contributed by atoms with Crippen molar-refractivity contribution in [1.29, 1.82) is 0 Å². The molecule has 1 aromatic carbocycles. The maximum absolute atomic E-state index is 12.1. The Morgan fingerprint density at radius 1 is 1.21 bits per heavy atom. The van der Waals surface area contributed by atoms with Crippen LogP contribution in [0.25, 0.3) is 0 Å². The lowest BCUT2D eigenvalue weighted by Crippen LogP contribution is -2.60. The van der Waals surface area contributed by atoms with Gasteiger partial charge in [0.25, 0.3) is 0 Å². The van der Waals surface area contributed by atoms with E-state index in [1.54, 1.807) is 0 Å². The first kappa shape index (κ1) is 14.3. The first-order chi connectivity index (χ1) is 9.11. The van der Waals surface area contributed by atoms with E-state index in [9.17, 15) is 4.79 Å². The third kappa shape index (κ3) is 2.59. The van der Waals surface area contributed by atoms with Crippen LogP contribution in [0.4, 0.5) is 5.69 Å². The molecule has 104 valence electrons. The molecular formula is C17H26NO+. The molecule has 0 aliphatic heterocycles. The molecule has 1 aliphatic rings. The van der Waals surface area contributed by atoms with Crippen LogP contribution < -0.4 is 4.48 Å². The second-order valence-corrected chi connectivity index (χ2v) is 6.16. The van der Waals surface area contributed by atoms with E-state index >= 15 is 0 Å². The average Bonchev–Trinajstić information content (AvgIpc) is 2.41. The van der Waals surface area contributed by atoms with Gasteiger partial charge in [0, 0.05) is 18.9 Å². The monoisotopic (exact) mass is 260 g/mol. The number of carbonyl (C=O) groups excluding carboxylic acids is 1. The molecule has 0 saturated heterocycles. The van der Waals surface area contributed by atoms with Gasteiger partial charge in [-0.05, 0) is 45.2 Å². The van der Waals surface area contributed by atoms with Gasteiger partial charge in [-0.25, -0.2) is 9.28 Å². The van der Waals surface area contributed by atoms with Crippen LogP contribution in [-0.2, 0) is 4.79 Å². The predicted molar refractivity (Wildman–Crippen MR) is 81.0 cm³/mol. The zero-order chi connectivity index (χ0) is 13.9. The lowest BCUT2D eigenvalue weighted by Gasteiger charge is -2.43. The van der Waals surface area contributed by atoms with Crippen LogP contribution in [0, 0.1) is 6.92 Å². The van der Waals surface area contributed by atoms with Crippen molar-refractivity contribution in [2.24, 2.45) is 0 Å². The molecule has 2 heteroatoms. The second-order valence-electron chi connectivity index (χ2n) is 6.16. The number of nitrogens with zero attached hydrogens (tertiary/aromatic N) is 1. The third-order valence-electron chi connectivity index (χ3n) is 4.66. The molecule has 0 bridgehead atoms.